The molecule has 1 aliphatic heterocycles. The lowest BCUT2D eigenvalue weighted by Gasteiger charge is -2.21. The van der Waals surface area contributed by atoms with Gasteiger partial charge in [-0.2, -0.15) is 0 Å². The van der Waals surface area contributed by atoms with Crippen LogP contribution in [0.25, 0.3) is 5.65 Å². The second-order valence-corrected chi connectivity index (χ2v) is 6.73. The number of rotatable bonds is 3. The molecule has 1 atom stereocenters. The summed E-state index contributed by atoms with van der Waals surface area (Å²) in [5.74, 6) is 1.28. The lowest BCUT2D eigenvalue weighted by molar-refractivity contribution is 0.199. The van der Waals surface area contributed by atoms with Crippen molar-refractivity contribution in [3.05, 3.63) is 66.1 Å². The Bertz CT molecular complexity index is 876. The Kier molecular flexibility index (Phi) is 4.82. The molecule has 1 aliphatic rings. The summed E-state index contributed by atoms with van der Waals surface area (Å²) in [6, 6.07) is 16.3. The molecule has 0 spiro atoms. The zero-order valence-electron chi connectivity index (χ0n) is 14.7. The van der Waals surface area contributed by atoms with Gasteiger partial charge in [0.2, 0.25) is 0 Å². The minimum Gasteiger partial charge on any atom is -0.331 e. The molecule has 1 aromatic carbocycles. The van der Waals surface area contributed by atoms with Crippen LogP contribution in [0.1, 0.15) is 36.6 Å². The first kappa shape index (κ1) is 16.6. The van der Waals surface area contributed by atoms with Gasteiger partial charge in [-0.3, -0.25) is 4.40 Å². The molecule has 1 unspecified atom stereocenters. The van der Waals surface area contributed by atoms with Crippen molar-refractivity contribution in [1.29, 1.82) is 0 Å². The maximum absolute atomic E-state index is 12.6. The first-order valence-electron chi connectivity index (χ1n) is 9.17. The third kappa shape index (κ3) is 3.54. The fourth-order valence-corrected chi connectivity index (χ4v) is 3.64. The fraction of sp³-hybridized carbons (Fsp3) is 0.350. The van der Waals surface area contributed by atoms with Crippen molar-refractivity contribution in [3.63, 3.8) is 0 Å². The first-order valence-corrected chi connectivity index (χ1v) is 9.17. The van der Waals surface area contributed by atoms with Crippen LogP contribution in [0, 0.1) is 0 Å². The van der Waals surface area contributed by atoms with E-state index < -0.39 is 0 Å². The number of hydrogen-bond acceptors (Lipinski definition) is 3. The normalized spacial score (nSPS) is 17.8. The molecule has 3 heterocycles. The molecule has 0 aliphatic carbocycles. The number of likely N-dealkylation sites (tertiary alicyclic amines) is 1. The number of pyridine rings is 1. The van der Waals surface area contributed by atoms with Gasteiger partial charge in [-0.1, -0.05) is 36.4 Å². The number of aromatic nitrogens is 3. The van der Waals surface area contributed by atoms with E-state index in [1.807, 2.05) is 39.8 Å². The quantitative estimate of drug-likeness (QED) is 0.790. The molecule has 0 radical (unpaired) electrons. The zero-order chi connectivity index (χ0) is 17.8. The second-order valence-electron chi connectivity index (χ2n) is 6.73. The van der Waals surface area contributed by atoms with Gasteiger partial charge in [0.05, 0.1) is 6.54 Å². The van der Waals surface area contributed by atoms with E-state index in [2.05, 4.69) is 39.8 Å². The van der Waals surface area contributed by atoms with Crippen molar-refractivity contribution in [1.82, 2.24) is 24.8 Å². The summed E-state index contributed by atoms with van der Waals surface area (Å²) >= 11 is 0. The van der Waals surface area contributed by atoms with E-state index >= 15 is 0 Å². The van der Waals surface area contributed by atoms with E-state index in [-0.39, 0.29) is 6.03 Å². The summed E-state index contributed by atoms with van der Waals surface area (Å²) in [5, 5.41) is 11.3. The number of fused-ring (bicyclic) bond motifs is 1. The van der Waals surface area contributed by atoms with Gasteiger partial charge in [-0.05, 0) is 42.9 Å². The third-order valence-corrected chi connectivity index (χ3v) is 5.07. The molecule has 2 aromatic heterocycles. The number of amides is 2. The Balaban J connectivity index is 1.35. The highest BCUT2D eigenvalue weighted by molar-refractivity contribution is 5.74. The van der Waals surface area contributed by atoms with E-state index in [0.29, 0.717) is 12.5 Å². The molecule has 1 saturated heterocycles. The van der Waals surface area contributed by atoms with Gasteiger partial charge < -0.3 is 10.2 Å². The molecular formula is C20H23N5O. The smallest absolute Gasteiger partial charge is 0.317 e. The van der Waals surface area contributed by atoms with Gasteiger partial charge in [0.15, 0.2) is 11.5 Å². The summed E-state index contributed by atoms with van der Waals surface area (Å²) in [7, 11) is 0. The molecule has 134 valence electrons. The number of benzene rings is 1. The van der Waals surface area contributed by atoms with Crippen LogP contribution in [0.5, 0.6) is 0 Å². The summed E-state index contributed by atoms with van der Waals surface area (Å²) in [6.07, 6.45) is 5.07. The monoisotopic (exact) mass is 349 g/mol. The van der Waals surface area contributed by atoms with Crippen molar-refractivity contribution < 1.29 is 4.79 Å². The van der Waals surface area contributed by atoms with E-state index in [1.165, 1.54) is 5.56 Å². The molecule has 6 nitrogen and oxygen atoms in total. The highest BCUT2D eigenvalue weighted by Crippen LogP contribution is 2.27. The van der Waals surface area contributed by atoms with Crippen LogP contribution < -0.4 is 5.32 Å². The number of urea groups is 1. The van der Waals surface area contributed by atoms with E-state index in [0.717, 1.165) is 43.8 Å². The van der Waals surface area contributed by atoms with Crippen molar-refractivity contribution in [3.8, 4) is 0 Å². The summed E-state index contributed by atoms with van der Waals surface area (Å²) < 4.78 is 1.90. The summed E-state index contributed by atoms with van der Waals surface area (Å²) in [6.45, 7) is 1.96. The van der Waals surface area contributed by atoms with E-state index in [9.17, 15) is 4.79 Å². The zero-order valence-corrected chi connectivity index (χ0v) is 14.7. The van der Waals surface area contributed by atoms with E-state index in [4.69, 9.17) is 0 Å². The predicted octanol–water partition coefficient (Wildman–Crippen LogP) is 3.21. The van der Waals surface area contributed by atoms with Gasteiger partial charge >= 0.3 is 6.03 Å². The molecule has 1 N–H and O–H groups in total. The highest BCUT2D eigenvalue weighted by Gasteiger charge is 2.21. The van der Waals surface area contributed by atoms with Gasteiger partial charge in [0.1, 0.15) is 0 Å². The lowest BCUT2D eigenvalue weighted by Crippen LogP contribution is -2.40. The second kappa shape index (κ2) is 7.56. The standard InChI is InChI=1S/C20H23N5O/c26-20(21-15-19-23-22-18-10-4-5-13-25(18)19)24-12-6-9-17(11-14-24)16-7-2-1-3-8-16/h1-5,7-8,10,13,17H,6,9,11-12,14-15H2,(H,21,26). The topological polar surface area (TPSA) is 62.5 Å². The molecular weight excluding hydrogens is 326 g/mol. The third-order valence-electron chi connectivity index (χ3n) is 5.07. The fourth-order valence-electron chi connectivity index (χ4n) is 3.64. The molecule has 0 bridgehead atoms. The molecule has 0 saturated carbocycles. The number of carbonyl (C=O) groups is 1. The molecule has 3 aromatic rings. The Labute approximate surface area is 152 Å². The predicted molar refractivity (Wildman–Crippen MR) is 99.8 cm³/mol. The number of hydrogen-bond donors (Lipinski definition) is 1. The van der Waals surface area contributed by atoms with Gasteiger partial charge in [0.25, 0.3) is 0 Å². The molecule has 6 heteroatoms. The largest absolute Gasteiger partial charge is 0.331 e. The lowest BCUT2D eigenvalue weighted by atomic mass is 9.92. The SMILES string of the molecule is O=C(NCc1nnc2ccccn12)N1CCCC(c2ccccc2)CC1. The van der Waals surface area contributed by atoms with Crippen LogP contribution in [-0.4, -0.2) is 38.6 Å². The van der Waals surface area contributed by atoms with Crippen LogP contribution in [0.3, 0.4) is 0 Å². The van der Waals surface area contributed by atoms with Gasteiger partial charge in [-0.25, -0.2) is 4.79 Å². The van der Waals surface area contributed by atoms with Crippen molar-refractivity contribution in [2.45, 2.75) is 31.7 Å². The van der Waals surface area contributed by atoms with Crippen molar-refractivity contribution in [2.75, 3.05) is 13.1 Å². The van der Waals surface area contributed by atoms with E-state index in [1.54, 1.807) is 0 Å². The Morgan fingerprint density at radius 1 is 1.04 bits per heavy atom. The number of nitrogens with one attached hydrogen (secondary N) is 1. The number of nitrogens with zero attached hydrogens (tertiary/aromatic N) is 4. The van der Waals surface area contributed by atoms with Gasteiger partial charge in [0, 0.05) is 19.3 Å². The Morgan fingerprint density at radius 3 is 2.77 bits per heavy atom. The van der Waals surface area contributed by atoms with Crippen LogP contribution in [-0.2, 0) is 6.54 Å². The van der Waals surface area contributed by atoms with Crippen LogP contribution >= 0.6 is 0 Å². The average Bonchev–Trinajstić information content (AvgIpc) is 2.94. The average molecular weight is 349 g/mol. The maximum atomic E-state index is 12.6. The minimum absolute atomic E-state index is 0.0219. The molecule has 26 heavy (non-hydrogen) atoms. The van der Waals surface area contributed by atoms with Crippen molar-refractivity contribution >= 4 is 11.7 Å². The Hall–Kier alpha value is -2.89. The molecule has 2 amide bonds. The minimum atomic E-state index is -0.0219. The number of carbonyl (C=O) groups excluding carboxylic acids is 1. The maximum Gasteiger partial charge on any atom is 0.317 e. The molecule has 1 fully saturated rings. The van der Waals surface area contributed by atoms with Crippen LogP contribution in [0.2, 0.25) is 0 Å². The Morgan fingerprint density at radius 2 is 1.88 bits per heavy atom. The summed E-state index contributed by atoms with van der Waals surface area (Å²) in [5.41, 5.74) is 2.17. The van der Waals surface area contributed by atoms with Gasteiger partial charge in [-0.15, -0.1) is 10.2 Å². The van der Waals surface area contributed by atoms with Crippen LogP contribution in [0.4, 0.5) is 4.79 Å². The molecule has 4 rings (SSSR count). The highest BCUT2D eigenvalue weighted by atomic mass is 16.2. The van der Waals surface area contributed by atoms with Crippen LogP contribution in [0.15, 0.2) is 54.7 Å². The van der Waals surface area contributed by atoms with Crippen molar-refractivity contribution in [2.24, 2.45) is 0 Å². The summed E-state index contributed by atoms with van der Waals surface area (Å²) in [4.78, 5) is 14.5. The first-order chi connectivity index (χ1) is 12.8.